The lowest BCUT2D eigenvalue weighted by Crippen LogP contribution is -2.30. The van der Waals surface area contributed by atoms with Crippen molar-refractivity contribution >= 4 is 0 Å². The normalized spacial score (nSPS) is 20.0. The first-order chi connectivity index (χ1) is 8.84. The maximum atomic E-state index is 12.0. The molecular formula is C15H22N2O. The molecule has 0 unspecified atom stereocenters. The van der Waals surface area contributed by atoms with Crippen LogP contribution in [0.1, 0.15) is 36.9 Å². The first kappa shape index (κ1) is 12.0. The molecule has 1 fully saturated rings. The van der Waals surface area contributed by atoms with Crippen molar-refractivity contribution in [2.75, 3.05) is 13.1 Å². The zero-order valence-electron chi connectivity index (χ0n) is 11.0. The van der Waals surface area contributed by atoms with E-state index in [4.69, 9.17) is 0 Å². The van der Waals surface area contributed by atoms with Crippen LogP contribution in [0, 0.1) is 5.92 Å². The molecule has 18 heavy (non-hydrogen) atoms. The van der Waals surface area contributed by atoms with E-state index in [0.717, 1.165) is 44.8 Å². The monoisotopic (exact) mass is 246 g/mol. The molecule has 2 heterocycles. The lowest BCUT2D eigenvalue weighted by atomic mass is 9.94. The molecule has 1 N–H and O–H groups in total. The molecule has 0 amide bonds. The molecule has 1 aliphatic carbocycles. The highest BCUT2D eigenvalue weighted by molar-refractivity contribution is 5.25. The zero-order chi connectivity index (χ0) is 12.4. The minimum atomic E-state index is 0.199. The Morgan fingerprint density at radius 2 is 2.06 bits per heavy atom. The van der Waals surface area contributed by atoms with E-state index in [9.17, 15) is 4.79 Å². The summed E-state index contributed by atoms with van der Waals surface area (Å²) in [7, 11) is 0. The molecule has 0 bridgehead atoms. The predicted octanol–water partition coefficient (Wildman–Crippen LogP) is 1.73. The van der Waals surface area contributed by atoms with Gasteiger partial charge in [0.15, 0.2) is 0 Å². The molecule has 0 atom stereocenters. The van der Waals surface area contributed by atoms with Crippen molar-refractivity contribution in [3.8, 4) is 0 Å². The van der Waals surface area contributed by atoms with E-state index < -0.39 is 0 Å². The van der Waals surface area contributed by atoms with Crippen LogP contribution >= 0.6 is 0 Å². The summed E-state index contributed by atoms with van der Waals surface area (Å²) in [5.41, 5.74) is 2.92. The summed E-state index contributed by atoms with van der Waals surface area (Å²) >= 11 is 0. The first-order valence-electron chi connectivity index (χ1n) is 7.27. The first-order valence-corrected chi connectivity index (χ1v) is 7.27. The molecule has 1 aromatic heterocycles. The second-order valence-electron chi connectivity index (χ2n) is 5.63. The average Bonchev–Trinajstić information content (AvgIpc) is 2.87. The van der Waals surface area contributed by atoms with E-state index in [1.807, 2.05) is 10.6 Å². The second-order valence-corrected chi connectivity index (χ2v) is 5.63. The summed E-state index contributed by atoms with van der Waals surface area (Å²) in [6.07, 6.45) is 7.17. The zero-order valence-corrected chi connectivity index (χ0v) is 11.0. The Bertz CT molecular complexity index is 472. The van der Waals surface area contributed by atoms with Gasteiger partial charge in [-0.1, -0.05) is 6.07 Å². The van der Waals surface area contributed by atoms with Gasteiger partial charge >= 0.3 is 0 Å². The molecule has 3 rings (SSSR count). The van der Waals surface area contributed by atoms with Crippen LogP contribution < -0.4 is 10.9 Å². The number of pyridine rings is 1. The van der Waals surface area contributed by atoms with Crippen molar-refractivity contribution < 1.29 is 0 Å². The van der Waals surface area contributed by atoms with Crippen LogP contribution in [0.25, 0.3) is 0 Å². The number of aryl methyl sites for hydroxylation is 1. The van der Waals surface area contributed by atoms with Gasteiger partial charge in [0, 0.05) is 18.3 Å². The van der Waals surface area contributed by atoms with Crippen molar-refractivity contribution in [1.82, 2.24) is 9.88 Å². The van der Waals surface area contributed by atoms with Gasteiger partial charge in [-0.3, -0.25) is 4.79 Å². The average molecular weight is 246 g/mol. The molecule has 0 spiro atoms. The maximum absolute atomic E-state index is 12.0. The number of rotatable bonds is 3. The molecule has 1 aliphatic heterocycles. The highest BCUT2D eigenvalue weighted by Crippen LogP contribution is 2.22. The largest absolute Gasteiger partial charge is 0.317 e. The van der Waals surface area contributed by atoms with E-state index in [1.54, 1.807) is 6.07 Å². The number of nitrogens with zero attached hydrogens (tertiary/aromatic N) is 1. The Morgan fingerprint density at radius 1 is 1.22 bits per heavy atom. The molecule has 0 saturated carbocycles. The molecule has 1 aromatic rings. The van der Waals surface area contributed by atoms with E-state index in [2.05, 4.69) is 5.32 Å². The third-order valence-electron chi connectivity index (χ3n) is 4.47. The fraction of sp³-hybridized carbons (Fsp3) is 0.667. The van der Waals surface area contributed by atoms with Crippen LogP contribution in [0.15, 0.2) is 16.9 Å². The number of fused-ring (bicyclic) bond motifs is 1. The lowest BCUT2D eigenvalue weighted by Gasteiger charge is -2.23. The Labute approximate surface area is 108 Å². The number of aromatic nitrogens is 1. The second kappa shape index (κ2) is 5.27. The van der Waals surface area contributed by atoms with Crippen LogP contribution in [0.4, 0.5) is 0 Å². The van der Waals surface area contributed by atoms with E-state index in [1.165, 1.54) is 30.5 Å². The standard InChI is InChI=1S/C15H22N2O/c18-15-5-4-13-2-1-3-14(13)17(15)11-8-12-6-9-16-10-7-12/h4-5,12,16H,1-3,6-11H2. The summed E-state index contributed by atoms with van der Waals surface area (Å²) in [5.74, 6) is 0.801. The molecule has 2 aliphatic rings. The summed E-state index contributed by atoms with van der Waals surface area (Å²) in [6, 6.07) is 3.79. The van der Waals surface area contributed by atoms with Crippen molar-refractivity contribution in [2.24, 2.45) is 5.92 Å². The fourth-order valence-electron chi connectivity index (χ4n) is 3.36. The van der Waals surface area contributed by atoms with Gasteiger partial charge in [-0.25, -0.2) is 0 Å². The Balaban J connectivity index is 1.72. The Kier molecular flexibility index (Phi) is 3.50. The van der Waals surface area contributed by atoms with Crippen LogP contribution in [0.3, 0.4) is 0 Å². The SMILES string of the molecule is O=c1ccc2c(n1CCC1CCNCC1)CCC2. The van der Waals surface area contributed by atoms with Gasteiger partial charge < -0.3 is 9.88 Å². The molecule has 0 radical (unpaired) electrons. The van der Waals surface area contributed by atoms with E-state index in [0.29, 0.717) is 0 Å². The molecule has 0 aromatic carbocycles. The van der Waals surface area contributed by atoms with Crippen molar-refractivity contribution in [3.05, 3.63) is 33.7 Å². The molecule has 3 nitrogen and oxygen atoms in total. The topological polar surface area (TPSA) is 34.0 Å². The summed E-state index contributed by atoms with van der Waals surface area (Å²) in [6.45, 7) is 3.21. The van der Waals surface area contributed by atoms with Gasteiger partial charge in [-0.2, -0.15) is 0 Å². The van der Waals surface area contributed by atoms with Crippen LogP contribution in [-0.4, -0.2) is 17.7 Å². The van der Waals surface area contributed by atoms with Crippen LogP contribution in [0.2, 0.25) is 0 Å². The number of piperidine rings is 1. The van der Waals surface area contributed by atoms with Gasteiger partial charge in [0.25, 0.3) is 5.56 Å². The smallest absolute Gasteiger partial charge is 0.250 e. The number of hydrogen-bond donors (Lipinski definition) is 1. The Morgan fingerprint density at radius 3 is 2.89 bits per heavy atom. The van der Waals surface area contributed by atoms with Crippen molar-refractivity contribution in [1.29, 1.82) is 0 Å². The maximum Gasteiger partial charge on any atom is 0.250 e. The van der Waals surface area contributed by atoms with Gasteiger partial charge in [0.2, 0.25) is 0 Å². The minimum absolute atomic E-state index is 0.199. The summed E-state index contributed by atoms with van der Waals surface area (Å²) in [5, 5.41) is 3.40. The fourth-order valence-corrected chi connectivity index (χ4v) is 3.36. The molecule has 1 saturated heterocycles. The quantitative estimate of drug-likeness (QED) is 0.881. The third kappa shape index (κ3) is 2.37. The highest BCUT2D eigenvalue weighted by atomic mass is 16.1. The van der Waals surface area contributed by atoms with Crippen LogP contribution in [-0.2, 0) is 19.4 Å². The lowest BCUT2D eigenvalue weighted by molar-refractivity contribution is 0.335. The number of hydrogen-bond acceptors (Lipinski definition) is 2. The van der Waals surface area contributed by atoms with Gasteiger partial charge in [0.05, 0.1) is 0 Å². The summed E-state index contributed by atoms with van der Waals surface area (Å²) < 4.78 is 2.05. The highest BCUT2D eigenvalue weighted by Gasteiger charge is 2.17. The van der Waals surface area contributed by atoms with E-state index in [-0.39, 0.29) is 5.56 Å². The minimum Gasteiger partial charge on any atom is -0.317 e. The molecular weight excluding hydrogens is 224 g/mol. The number of nitrogens with one attached hydrogen (secondary N) is 1. The molecule has 98 valence electrons. The van der Waals surface area contributed by atoms with Crippen molar-refractivity contribution in [3.63, 3.8) is 0 Å². The van der Waals surface area contributed by atoms with E-state index >= 15 is 0 Å². The summed E-state index contributed by atoms with van der Waals surface area (Å²) in [4.78, 5) is 12.0. The van der Waals surface area contributed by atoms with Crippen LogP contribution in [0.5, 0.6) is 0 Å². The Hall–Kier alpha value is -1.09. The van der Waals surface area contributed by atoms with Gasteiger partial charge in [0.1, 0.15) is 0 Å². The van der Waals surface area contributed by atoms with Crippen molar-refractivity contribution in [2.45, 2.75) is 45.1 Å². The predicted molar refractivity (Wildman–Crippen MR) is 72.9 cm³/mol. The van der Waals surface area contributed by atoms with Gasteiger partial charge in [-0.05, 0) is 63.1 Å². The molecule has 3 heteroatoms. The van der Waals surface area contributed by atoms with Gasteiger partial charge in [-0.15, -0.1) is 0 Å². The third-order valence-corrected chi connectivity index (χ3v) is 4.47.